The molecule has 3 aromatic rings. The zero-order chi connectivity index (χ0) is 16.2. The molecule has 0 aliphatic heterocycles. The highest BCUT2D eigenvalue weighted by molar-refractivity contribution is 6.31. The third-order valence-corrected chi connectivity index (χ3v) is 3.60. The van der Waals surface area contributed by atoms with Crippen molar-refractivity contribution in [2.24, 2.45) is 5.73 Å². The summed E-state index contributed by atoms with van der Waals surface area (Å²) in [5.41, 5.74) is 6.59. The van der Waals surface area contributed by atoms with Crippen LogP contribution in [0.2, 0.25) is 10.0 Å². The molecule has 5 nitrogen and oxygen atoms in total. The molecule has 0 amide bonds. The highest BCUT2D eigenvalue weighted by Gasteiger charge is 2.12. The Labute approximate surface area is 155 Å². The summed E-state index contributed by atoms with van der Waals surface area (Å²) in [6.07, 6.45) is 0. The van der Waals surface area contributed by atoms with Crippen molar-refractivity contribution in [1.82, 2.24) is 5.16 Å². The Balaban J connectivity index is 0.00000208. The maximum Gasteiger partial charge on any atom is 0.262 e. The summed E-state index contributed by atoms with van der Waals surface area (Å²) in [6, 6.07) is 11.9. The van der Waals surface area contributed by atoms with Gasteiger partial charge in [0.1, 0.15) is 19.0 Å². The van der Waals surface area contributed by atoms with Crippen molar-refractivity contribution in [1.29, 1.82) is 0 Å². The van der Waals surface area contributed by atoms with E-state index in [4.69, 9.17) is 42.9 Å². The molecule has 1 unspecified atom stereocenters. The van der Waals surface area contributed by atoms with Crippen molar-refractivity contribution in [2.75, 3.05) is 13.2 Å². The first-order valence-electron chi connectivity index (χ1n) is 6.93. The number of halogens is 3. The topological polar surface area (TPSA) is 70.5 Å². The van der Waals surface area contributed by atoms with Crippen LogP contribution in [0.25, 0.3) is 11.0 Å². The maximum absolute atomic E-state index is 5.98. The first-order valence-corrected chi connectivity index (χ1v) is 7.69. The van der Waals surface area contributed by atoms with Crippen LogP contribution >= 0.6 is 35.6 Å². The van der Waals surface area contributed by atoms with E-state index in [9.17, 15) is 0 Å². The largest absolute Gasteiger partial charge is 0.492 e. The Morgan fingerprint density at radius 2 is 1.67 bits per heavy atom. The van der Waals surface area contributed by atoms with E-state index in [-0.39, 0.29) is 25.1 Å². The molecule has 0 fully saturated rings. The summed E-state index contributed by atoms with van der Waals surface area (Å²) < 4.78 is 16.3. The highest BCUT2D eigenvalue weighted by Crippen LogP contribution is 2.27. The second-order valence-corrected chi connectivity index (χ2v) is 5.84. The van der Waals surface area contributed by atoms with Crippen LogP contribution in [0.3, 0.4) is 0 Å². The van der Waals surface area contributed by atoms with Crippen LogP contribution in [0, 0.1) is 0 Å². The lowest BCUT2D eigenvalue weighted by Crippen LogP contribution is -2.34. The lowest BCUT2D eigenvalue weighted by Gasteiger charge is -2.13. The number of benzene rings is 2. The number of aromatic nitrogens is 1. The average Bonchev–Trinajstić information content (AvgIpc) is 2.94. The molecule has 8 heteroatoms. The van der Waals surface area contributed by atoms with Crippen molar-refractivity contribution in [2.45, 2.75) is 6.04 Å². The molecule has 0 saturated carbocycles. The highest BCUT2D eigenvalue weighted by atomic mass is 35.5. The zero-order valence-electron chi connectivity index (χ0n) is 12.4. The number of ether oxygens (including phenoxy) is 2. The minimum atomic E-state index is -0.323. The number of rotatable bonds is 6. The molecule has 2 aromatic carbocycles. The van der Waals surface area contributed by atoms with Gasteiger partial charge in [0.2, 0.25) is 0 Å². The molecule has 0 radical (unpaired) electrons. The molecule has 1 aromatic heterocycles. The van der Waals surface area contributed by atoms with E-state index in [1.54, 1.807) is 42.5 Å². The van der Waals surface area contributed by atoms with Crippen molar-refractivity contribution < 1.29 is 14.0 Å². The first-order chi connectivity index (χ1) is 11.1. The molecule has 128 valence electrons. The fourth-order valence-electron chi connectivity index (χ4n) is 1.96. The van der Waals surface area contributed by atoms with Gasteiger partial charge >= 0.3 is 0 Å². The predicted molar refractivity (Wildman–Crippen MR) is 96.7 cm³/mol. The van der Waals surface area contributed by atoms with Gasteiger partial charge in [-0.25, -0.2) is 0 Å². The Hall–Kier alpha value is -1.66. The predicted octanol–water partition coefficient (Wildman–Crippen LogP) is 4.34. The Bertz CT molecular complexity index is 793. The van der Waals surface area contributed by atoms with Gasteiger partial charge in [0.25, 0.3) is 5.88 Å². The van der Waals surface area contributed by atoms with Crippen LogP contribution in [0.5, 0.6) is 11.6 Å². The van der Waals surface area contributed by atoms with Crippen molar-refractivity contribution in [3.8, 4) is 11.6 Å². The van der Waals surface area contributed by atoms with Gasteiger partial charge in [0, 0.05) is 10.0 Å². The lowest BCUT2D eigenvalue weighted by molar-refractivity contribution is 0.210. The van der Waals surface area contributed by atoms with Crippen LogP contribution < -0.4 is 15.2 Å². The Kier molecular flexibility index (Phi) is 6.57. The van der Waals surface area contributed by atoms with E-state index < -0.39 is 0 Å². The molecule has 3 rings (SSSR count). The van der Waals surface area contributed by atoms with E-state index in [0.717, 1.165) is 0 Å². The summed E-state index contributed by atoms with van der Waals surface area (Å²) in [5, 5.41) is 5.82. The van der Waals surface area contributed by atoms with Crippen molar-refractivity contribution in [3.63, 3.8) is 0 Å². The standard InChI is InChI=1S/C16H14Cl2N2O3.ClH/c17-10-1-4-13(5-2-10)21-8-12(19)9-22-16-14-7-11(18)3-6-15(14)23-20-16;/h1-7,12H,8-9,19H2;1H. The summed E-state index contributed by atoms with van der Waals surface area (Å²) in [6.45, 7) is 0.542. The third kappa shape index (κ3) is 4.68. The van der Waals surface area contributed by atoms with E-state index in [0.29, 0.717) is 39.3 Å². The average molecular weight is 390 g/mol. The summed E-state index contributed by atoms with van der Waals surface area (Å²) >= 11 is 11.8. The van der Waals surface area contributed by atoms with E-state index >= 15 is 0 Å². The molecule has 1 atom stereocenters. The lowest BCUT2D eigenvalue weighted by atomic mass is 10.2. The van der Waals surface area contributed by atoms with Crippen LogP contribution in [-0.2, 0) is 0 Å². The van der Waals surface area contributed by atoms with E-state index in [1.807, 2.05) is 0 Å². The normalized spacial score (nSPS) is 11.8. The van der Waals surface area contributed by atoms with Gasteiger partial charge in [-0.05, 0) is 47.6 Å². The number of fused-ring (bicyclic) bond motifs is 1. The second kappa shape index (κ2) is 8.44. The molecular formula is C16H15Cl3N2O3. The fourth-order valence-corrected chi connectivity index (χ4v) is 2.26. The monoisotopic (exact) mass is 388 g/mol. The number of nitrogens with zero attached hydrogens (tertiary/aromatic N) is 1. The second-order valence-electron chi connectivity index (χ2n) is 4.96. The van der Waals surface area contributed by atoms with Gasteiger partial charge in [-0.2, -0.15) is 0 Å². The smallest absolute Gasteiger partial charge is 0.262 e. The van der Waals surface area contributed by atoms with E-state index in [1.165, 1.54) is 0 Å². The van der Waals surface area contributed by atoms with Crippen LogP contribution in [-0.4, -0.2) is 24.4 Å². The molecule has 0 aliphatic carbocycles. The molecule has 0 saturated heterocycles. The molecule has 1 heterocycles. The molecule has 2 N–H and O–H groups in total. The quantitative estimate of drug-likeness (QED) is 0.679. The minimum absolute atomic E-state index is 0. The summed E-state index contributed by atoms with van der Waals surface area (Å²) in [7, 11) is 0. The van der Waals surface area contributed by atoms with Crippen LogP contribution in [0.4, 0.5) is 0 Å². The molecule has 0 bridgehead atoms. The van der Waals surface area contributed by atoms with E-state index in [2.05, 4.69) is 5.16 Å². The van der Waals surface area contributed by atoms with Gasteiger partial charge in [-0.1, -0.05) is 23.2 Å². The fraction of sp³-hybridized carbons (Fsp3) is 0.188. The summed E-state index contributed by atoms with van der Waals surface area (Å²) in [5.74, 6) is 1.06. The van der Waals surface area contributed by atoms with Gasteiger partial charge in [0.05, 0.1) is 11.4 Å². The Morgan fingerprint density at radius 3 is 2.42 bits per heavy atom. The molecule has 0 aliphatic rings. The SMILES string of the molecule is Cl.NC(COc1ccc(Cl)cc1)COc1noc2ccc(Cl)cc12. The van der Waals surface area contributed by atoms with Gasteiger partial charge in [0.15, 0.2) is 5.58 Å². The van der Waals surface area contributed by atoms with Crippen LogP contribution in [0.15, 0.2) is 47.0 Å². The number of nitrogens with two attached hydrogens (primary N) is 1. The Morgan fingerprint density at radius 1 is 1.00 bits per heavy atom. The van der Waals surface area contributed by atoms with Crippen molar-refractivity contribution >= 4 is 46.6 Å². The first kappa shape index (κ1) is 18.7. The molecule has 0 spiro atoms. The number of hydrogen-bond acceptors (Lipinski definition) is 5. The maximum atomic E-state index is 5.98. The minimum Gasteiger partial charge on any atom is -0.492 e. The molecule has 24 heavy (non-hydrogen) atoms. The number of hydrogen-bond donors (Lipinski definition) is 1. The van der Waals surface area contributed by atoms with Gasteiger partial charge in [-0.15, -0.1) is 12.4 Å². The zero-order valence-corrected chi connectivity index (χ0v) is 14.8. The molecular weight excluding hydrogens is 375 g/mol. The third-order valence-electron chi connectivity index (χ3n) is 3.11. The van der Waals surface area contributed by atoms with Crippen LogP contribution in [0.1, 0.15) is 0 Å². The van der Waals surface area contributed by atoms with Gasteiger partial charge < -0.3 is 19.7 Å². The summed E-state index contributed by atoms with van der Waals surface area (Å²) in [4.78, 5) is 0. The van der Waals surface area contributed by atoms with Gasteiger partial charge in [-0.3, -0.25) is 0 Å². The van der Waals surface area contributed by atoms with Crippen molar-refractivity contribution in [3.05, 3.63) is 52.5 Å².